The smallest absolute Gasteiger partial charge is 0.352 e. The Morgan fingerprint density at radius 2 is 2.14 bits per heavy atom. The van der Waals surface area contributed by atoms with Crippen molar-refractivity contribution in [1.82, 2.24) is 4.98 Å². The topological polar surface area (TPSA) is 62.3 Å². The van der Waals surface area contributed by atoms with Gasteiger partial charge in [-0.15, -0.1) is 0 Å². The molecule has 118 valence electrons. The third-order valence-electron chi connectivity index (χ3n) is 4.77. The average Bonchev–Trinajstić information content (AvgIpc) is 2.81. The summed E-state index contributed by atoms with van der Waals surface area (Å²) >= 11 is 0. The van der Waals surface area contributed by atoms with Crippen molar-refractivity contribution < 1.29 is 14.6 Å². The van der Waals surface area contributed by atoms with E-state index in [1.165, 1.54) is 5.56 Å². The van der Waals surface area contributed by atoms with Gasteiger partial charge in [-0.1, -0.05) is 13.0 Å². The standard InChI is InChI=1S/C18H23NO3/c1-11-6-7-22-18(2,3)10-14(11)12-4-5-15-13(8-12)9-16(19-15)17(20)21/h4-5,8-9,11,14,19H,6-7,10H2,1-3H3,(H,20,21)/t11?,14-/m1/s1. The number of aromatic nitrogens is 1. The van der Waals surface area contributed by atoms with Crippen molar-refractivity contribution in [3.05, 3.63) is 35.5 Å². The zero-order valence-corrected chi connectivity index (χ0v) is 13.3. The van der Waals surface area contributed by atoms with E-state index in [1.807, 2.05) is 6.07 Å². The Balaban J connectivity index is 1.98. The van der Waals surface area contributed by atoms with Gasteiger partial charge in [0.2, 0.25) is 0 Å². The number of carboxylic acids is 1. The number of ether oxygens (including phenoxy) is 1. The summed E-state index contributed by atoms with van der Waals surface area (Å²) in [5, 5.41) is 10.1. The molecular weight excluding hydrogens is 278 g/mol. The summed E-state index contributed by atoms with van der Waals surface area (Å²) < 4.78 is 5.95. The molecule has 0 amide bonds. The molecule has 4 heteroatoms. The van der Waals surface area contributed by atoms with E-state index in [2.05, 4.69) is 37.9 Å². The molecule has 2 aromatic rings. The van der Waals surface area contributed by atoms with Crippen molar-refractivity contribution in [1.29, 1.82) is 0 Å². The Bertz CT molecular complexity index is 701. The molecule has 1 fully saturated rings. The molecule has 2 atom stereocenters. The number of carboxylic acid groups (broad SMARTS) is 1. The maximum Gasteiger partial charge on any atom is 0.352 e. The number of hydrogen-bond acceptors (Lipinski definition) is 2. The summed E-state index contributed by atoms with van der Waals surface area (Å²) in [4.78, 5) is 14.0. The number of benzene rings is 1. The van der Waals surface area contributed by atoms with Crippen LogP contribution >= 0.6 is 0 Å². The maximum atomic E-state index is 11.1. The monoisotopic (exact) mass is 301 g/mol. The summed E-state index contributed by atoms with van der Waals surface area (Å²) in [5.41, 5.74) is 2.27. The van der Waals surface area contributed by atoms with Gasteiger partial charge in [0.1, 0.15) is 5.69 Å². The highest BCUT2D eigenvalue weighted by Gasteiger charge is 2.32. The van der Waals surface area contributed by atoms with Gasteiger partial charge in [0, 0.05) is 17.5 Å². The van der Waals surface area contributed by atoms with Gasteiger partial charge in [0.15, 0.2) is 0 Å². The molecule has 2 N–H and O–H groups in total. The molecule has 0 spiro atoms. The first-order chi connectivity index (χ1) is 10.4. The highest BCUT2D eigenvalue weighted by Crippen LogP contribution is 2.39. The van der Waals surface area contributed by atoms with Crippen molar-refractivity contribution in [2.75, 3.05) is 6.61 Å². The summed E-state index contributed by atoms with van der Waals surface area (Å²) in [6, 6.07) is 7.95. The predicted octanol–water partition coefficient (Wildman–Crippen LogP) is 4.17. The highest BCUT2D eigenvalue weighted by molar-refractivity contribution is 5.93. The van der Waals surface area contributed by atoms with Gasteiger partial charge >= 0.3 is 5.97 Å². The molecule has 1 unspecified atom stereocenters. The molecule has 3 rings (SSSR count). The zero-order chi connectivity index (χ0) is 15.9. The number of rotatable bonds is 2. The SMILES string of the molecule is CC1CCOC(C)(C)C[C@H]1c1ccc2[nH]c(C(=O)O)cc2c1. The number of hydrogen-bond donors (Lipinski definition) is 2. The van der Waals surface area contributed by atoms with Gasteiger partial charge in [-0.05, 0) is 62.3 Å². The molecule has 1 aromatic heterocycles. The summed E-state index contributed by atoms with van der Waals surface area (Å²) in [6.45, 7) is 7.38. The van der Waals surface area contributed by atoms with Crippen LogP contribution in [0.1, 0.15) is 55.6 Å². The van der Waals surface area contributed by atoms with Crippen molar-refractivity contribution >= 4 is 16.9 Å². The van der Waals surface area contributed by atoms with Gasteiger partial charge in [0.25, 0.3) is 0 Å². The van der Waals surface area contributed by atoms with Crippen LogP contribution in [0.3, 0.4) is 0 Å². The first kappa shape index (κ1) is 15.1. The zero-order valence-electron chi connectivity index (χ0n) is 13.3. The molecular formula is C18H23NO3. The third-order valence-corrected chi connectivity index (χ3v) is 4.77. The largest absolute Gasteiger partial charge is 0.477 e. The van der Waals surface area contributed by atoms with Crippen molar-refractivity contribution in [2.24, 2.45) is 5.92 Å². The first-order valence-corrected chi connectivity index (χ1v) is 7.86. The Hall–Kier alpha value is -1.81. The lowest BCUT2D eigenvalue weighted by Crippen LogP contribution is -2.25. The van der Waals surface area contributed by atoms with Crippen molar-refractivity contribution in [3.63, 3.8) is 0 Å². The lowest BCUT2D eigenvalue weighted by atomic mass is 9.79. The number of nitrogens with one attached hydrogen (secondary N) is 1. The second kappa shape index (κ2) is 5.43. The van der Waals surface area contributed by atoms with E-state index < -0.39 is 5.97 Å². The van der Waals surface area contributed by atoms with Gasteiger partial charge in [-0.2, -0.15) is 0 Å². The Kier molecular flexibility index (Phi) is 3.73. The highest BCUT2D eigenvalue weighted by atomic mass is 16.5. The van der Waals surface area contributed by atoms with E-state index in [4.69, 9.17) is 9.84 Å². The van der Waals surface area contributed by atoms with Crippen LogP contribution in [0.5, 0.6) is 0 Å². The fraction of sp³-hybridized carbons (Fsp3) is 0.500. The van der Waals surface area contributed by atoms with E-state index in [-0.39, 0.29) is 11.3 Å². The number of H-pyrrole nitrogens is 1. The first-order valence-electron chi connectivity index (χ1n) is 7.86. The summed E-state index contributed by atoms with van der Waals surface area (Å²) in [7, 11) is 0. The second-order valence-electron chi connectivity index (χ2n) is 7.02. The lowest BCUT2D eigenvalue weighted by molar-refractivity contribution is -0.0150. The number of aromatic amines is 1. The van der Waals surface area contributed by atoms with Crippen LogP contribution in [0.4, 0.5) is 0 Å². The number of fused-ring (bicyclic) bond motifs is 1. The van der Waals surface area contributed by atoms with Crippen LogP contribution in [-0.2, 0) is 4.74 Å². The minimum absolute atomic E-state index is 0.116. The quantitative estimate of drug-likeness (QED) is 0.875. The molecule has 22 heavy (non-hydrogen) atoms. The molecule has 1 aromatic carbocycles. The van der Waals surface area contributed by atoms with Gasteiger partial charge in [-0.25, -0.2) is 4.79 Å². The molecule has 2 heterocycles. The van der Waals surface area contributed by atoms with Gasteiger partial charge < -0.3 is 14.8 Å². The minimum atomic E-state index is -0.921. The van der Waals surface area contributed by atoms with Crippen LogP contribution in [-0.4, -0.2) is 28.3 Å². The molecule has 4 nitrogen and oxygen atoms in total. The molecule has 0 aliphatic carbocycles. The van der Waals surface area contributed by atoms with Crippen LogP contribution in [0.2, 0.25) is 0 Å². The average molecular weight is 301 g/mol. The molecule has 0 bridgehead atoms. The normalized spacial score (nSPS) is 25.0. The molecule has 1 aliphatic heterocycles. The van der Waals surface area contributed by atoms with Crippen LogP contribution in [0.15, 0.2) is 24.3 Å². The Labute approximate surface area is 130 Å². The van der Waals surface area contributed by atoms with E-state index >= 15 is 0 Å². The molecule has 0 saturated carbocycles. The van der Waals surface area contributed by atoms with Crippen LogP contribution in [0, 0.1) is 5.92 Å². The number of carbonyl (C=O) groups is 1. The van der Waals surface area contributed by atoms with Gasteiger partial charge in [0.05, 0.1) is 5.60 Å². The molecule has 0 radical (unpaired) electrons. The molecule has 1 saturated heterocycles. The fourth-order valence-electron chi connectivity index (χ4n) is 3.46. The summed E-state index contributed by atoms with van der Waals surface area (Å²) in [5.74, 6) is 0.0670. The van der Waals surface area contributed by atoms with Gasteiger partial charge in [-0.3, -0.25) is 0 Å². The summed E-state index contributed by atoms with van der Waals surface area (Å²) in [6.07, 6.45) is 2.04. The van der Waals surface area contributed by atoms with Crippen LogP contribution < -0.4 is 0 Å². The van der Waals surface area contributed by atoms with Crippen molar-refractivity contribution in [2.45, 2.75) is 45.1 Å². The van der Waals surface area contributed by atoms with Crippen molar-refractivity contribution in [3.8, 4) is 0 Å². The lowest BCUT2D eigenvalue weighted by Gasteiger charge is -2.28. The maximum absolute atomic E-state index is 11.1. The van der Waals surface area contributed by atoms with E-state index in [1.54, 1.807) is 6.07 Å². The predicted molar refractivity (Wildman–Crippen MR) is 86.4 cm³/mol. The minimum Gasteiger partial charge on any atom is -0.477 e. The second-order valence-corrected chi connectivity index (χ2v) is 7.02. The number of aromatic carboxylic acids is 1. The Morgan fingerprint density at radius 1 is 1.36 bits per heavy atom. The third kappa shape index (κ3) is 2.88. The Morgan fingerprint density at radius 3 is 2.86 bits per heavy atom. The van der Waals surface area contributed by atoms with E-state index in [0.717, 1.165) is 30.4 Å². The van der Waals surface area contributed by atoms with E-state index in [0.29, 0.717) is 11.8 Å². The van der Waals surface area contributed by atoms with Crippen LogP contribution in [0.25, 0.3) is 10.9 Å². The fourth-order valence-corrected chi connectivity index (χ4v) is 3.46. The molecule has 1 aliphatic rings. The van der Waals surface area contributed by atoms with E-state index in [9.17, 15) is 4.79 Å².